The zero-order chi connectivity index (χ0) is 21.7. The Balaban J connectivity index is 1.43. The second kappa shape index (κ2) is 7.91. The molecule has 0 spiro atoms. The van der Waals surface area contributed by atoms with Gasteiger partial charge in [0, 0.05) is 47.5 Å². The van der Waals surface area contributed by atoms with Crippen LogP contribution < -0.4 is 5.32 Å². The van der Waals surface area contributed by atoms with Crippen molar-refractivity contribution in [3.05, 3.63) is 50.5 Å². The largest absolute Gasteiger partial charge is 0.358 e. The Kier molecular flexibility index (Phi) is 5.22. The van der Waals surface area contributed by atoms with Crippen LogP contribution >= 0.6 is 15.9 Å². The molecule has 0 unspecified atom stereocenters. The third-order valence-electron chi connectivity index (χ3n) is 6.50. The highest BCUT2D eigenvalue weighted by Gasteiger charge is 2.31. The summed E-state index contributed by atoms with van der Waals surface area (Å²) in [4.78, 5) is 33.4. The molecule has 1 aromatic heterocycles. The van der Waals surface area contributed by atoms with Gasteiger partial charge < -0.3 is 20.1 Å². The number of fused-ring (bicyclic) bond motifs is 2. The first-order valence-electron chi connectivity index (χ1n) is 10.7. The highest BCUT2D eigenvalue weighted by Crippen LogP contribution is 2.39. The number of amides is 2. The van der Waals surface area contributed by atoms with E-state index in [1.54, 1.807) is 6.08 Å². The number of carbonyl (C=O) groups excluding carboxylic acids is 2. The summed E-state index contributed by atoms with van der Waals surface area (Å²) >= 11 is 3.31. The summed E-state index contributed by atoms with van der Waals surface area (Å²) in [6.07, 6.45) is 4.96. The van der Waals surface area contributed by atoms with Crippen molar-refractivity contribution in [2.75, 3.05) is 38.0 Å². The number of hydrogen-bond acceptors (Lipinski definition) is 3. The Morgan fingerprint density at radius 2 is 1.94 bits per heavy atom. The maximum atomic E-state index is 13.9. The first-order chi connectivity index (χ1) is 14.9. The first-order valence-corrected chi connectivity index (χ1v) is 11.5. The van der Waals surface area contributed by atoms with Crippen LogP contribution in [-0.4, -0.2) is 59.3 Å². The quantitative estimate of drug-likeness (QED) is 0.645. The number of benzene rings is 1. The second-order valence-electron chi connectivity index (χ2n) is 8.43. The van der Waals surface area contributed by atoms with Crippen LogP contribution in [0.3, 0.4) is 0 Å². The van der Waals surface area contributed by atoms with E-state index in [2.05, 4.69) is 31.1 Å². The molecule has 2 aromatic rings. The van der Waals surface area contributed by atoms with Crippen LogP contribution in [-0.2, 0) is 11.2 Å². The molecule has 0 atom stereocenters. The van der Waals surface area contributed by atoms with E-state index in [0.29, 0.717) is 33.4 Å². The zero-order valence-electron chi connectivity index (χ0n) is 17.4. The molecule has 31 heavy (non-hydrogen) atoms. The molecular formula is C23H24BrFN4O2. The van der Waals surface area contributed by atoms with Gasteiger partial charge in [0.05, 0.1) is 16.8 Å². The number of carbonyl (C=O) groups is 2. The van der Waals surface area contributed by atoms with Crippen molar-refractivity contribution >= 4 is 45.1 Å². The maximum Gasteiger partial charge on any atom is 0.256 e. The van der Waals surface area contributed by atoms with Gasteiger partial charge in [-0.15, -0.1) is 0 Å². The minimum Gasteiger partial charge on any atom is -0.358 e. The summed E-state index contributed by atoms with van der Waals surface area (Å²) in [5.41, 5.74) is 4.63. The Hall–Kier alpha value is -2.45. The number of rotatable bonds is 4. The van der Waals surface area contributed by atoms with Crippen molar-refractivity contribution in [1.82, 2.24) is 14.8 Å². The summed E-state index contributed by atoms with van der Waals surface area (Å²) in [5, 5.41) is 2.79. The number of anilines is 1. The fourth-order valence-electron chi connectivity index (χ4n) is 4.79. The topological polar surface area (TPSA) is 68.4 Å². The van der Waals surface area contributed by atoms with Gasteiger partial charge in [-0.1, -0.05) is 0 Å². The molecule has 0 saturated carbocycles. The molecule has 162 valence electrons. The van der Waals surface area contributed by atoms with Crippen molar-refractivity contribution < 1.29 is 14.0 Å². The number of H-pyrrole nitrogens is 1. The van der Waals surface area contributed by atoms with Crippen LogP contribution in [0.4, 0.5) is 10.1 Å². The SMILES string of the molecule is Cc1c(/C=C2\C(=O)Nc3c(Br)cc(F)cc32)[nH]c2c1C(=O)N(CCN1CCCC1)CC2. The number of halogens is 2. The molecule has 3 aliphatic rings. The van der Waals surface area contributed by atoms with Crippen LogP contribution in [0.5, 0.6) is 0 Å². The highest BCUT2D eigenvalue weighted by atomic mass is 79.9. The standard InChI is InChI=1S/C23H24BrFN4O2/c1-13-19(12-16-15-10-14(25)11-17(24)21(15)27-22(16)30)26-18-4-7-29(23(31)20(13)18)9-8-28-5-2-3-6-28/h10-12,26H,2-9H2,1H3,(H,27,30)/b16-12-. The van der Waals surface area contributed by atoms with E-state index in [1.807, 2.05) is 11.8 Å². The highest BCUT2D eigenvalue weighted by molar-refractivity contribution is 9.10. The average molecular weight is 487 g/mol. The Morgan fingerprint density at radius 3 is 2.71 bits per heavy atom. The van der Waals surface area contributed by atoms with Crippen molar-refractivity contribution in [3.63, 3.8) is 0 Å². The van der Waals surface area contributed by atoms with Gasteiger partial charge in [-0.2, -0.15) is 0 Å². The van der Waals surface area contributed by atoms with E-state index in [4.69, 9.17) is 0 Å². The van der Waals surface area contributed by atoms with Crippen molar-refractivity contribution in [2.24, 2.45) is 0 Å². The van der Waals surface area contributed by atoms with Crippen molar-refractivity contribution in [1.29, 1.82) is 0 Å². The molecular weight excluding hydrogens is 463 g/mol. The monoisotopic (exact) mass is 486 g/mol. The number of nitrogens with one attached hydrogen (secondary N) is 2. The normalized spacial score (nSPS) is 19.8. The third-order valence-corrected chi connectivity index (χ3v) is 7.13. The van der Waals surface area contributed by atoms with Gasteiger partial charge in [-0.25, -0.2) is 4.39 Å². The fraction of sp³-hybridized carbons (Fsp3) is 0.391. The van der Waals surface area contributed by atoms with Gasteiger partial charge in [-0.3, -0.25) is 9.59 Å². The molecule has 2 N–H and O–H groups in total. The second-order valence-corrected chi connectivity index (χ2v) is 9.28. The number of hydrogen-bond donors (Lipinski definition) is 2. The van der Waals surface area contributed by atoms with Crippen LogP contribution in [0.25, 0.3) is 11.6 Å². The van der Waals surface area contributed by atoms with Gasteiger partial charge >= 0.3 is 0 Å². The lowest BCUT2D eigenvalue weighted by molar-refractivity contribution is -0.110. The van der Waals surface area contributed by atoms with Crippen LogP contribution in [0, 0.1) is 12.7 Å². The summed E-state index contributed by atoms with van der Waals surface area (Å²) in [7, 11) is 0. The first kappa shape index (κ1) is 20.5. The van der Waals surface area contributed by atoms with E-state index in [9.17, 15) is 14.0 Å². The molecule has 1 saturated heterocycles. The van der Waals surface area contributed by atoms with Gasteiger partial charge in [0.15, 0.2) is 0 Å². The molecule has 4 heterocycles. The summed E-state index contributed by atoms with van der Waals surface area (Å²) in [6, 6.07) is 2.68. The number of nitrogens with zero attached hydrogens (tertiary/aromatic N) is 2. The Morgan fingerprint density at radius 1 is 1.16 bits per heavy atom. The van der Waals surface area contributed by atoms with Gasteiger partial charge in [0.1, 0.15) is 5.82 Å². The van der Waals surface area contributed by atoms with Gasteiger partial charge in [0.25, 0.3) is 11.8 Å². The Labute approximate surface area is 188 Å². The molecule has 1 fully saturated rings. The minimum absolute atomic E-state index is 0.0453. The smallest absolute Gasteiger partial charge is 0.256 e. The molecule has 0 radical (unpaired) electrons. The number of likely N-dealkylation sites (tertiary alicyclic amines) is 1. The molecule has 0 aliphatic carbocycles. The molecule has 2 amide bonds. The Bertz CT molecular complexity index is 1120. The van der Waals surface area contributed by atoms with E-state index in [0.717, 1.165) is 49.6 Å². The van der Waals surface area contributed by atoms with Gasteiger partial charge in [-0.05, 0) is 72.6 Å². The lowest BCUT2D eigenvalue weighted by Crippen LogP contribution is -2.42. The number of aromatic nitrogens is 1. The van der Waals surface area contributed by atoms with Crippen LogP contribution in [0.1, 0.15) is 45.7 Å². The lowest BCUT2D eigenvalue weighted by atomic mass is 10.0. The fourth-order valence-corrected chi connectivity index (χ4v) is 5.32. The van der Waals surface area contributed by atoms with Crippen molar-refractivity contribution in [3.8, 4) is 0 Å². The van der Waals surface area contributed by atoms with E-state index in [1.165, 1.54) is 25.0 Å². The molecule has 1 aromatic carbocycles. The molecule has 3 aliphatic heterocycles. The molecule has 6 nitrogen and oxygen atoms in total. The zero-order valence-corrected chi connectivity index (χ0v) is 18.9. The maximum absolute atomic E-state index is 13.9. The number of aromatic amines is 1. The van der Waals surface area contributed by atoms with E-state index in [-0.39, 0.29) is 11.8 Å². The minimum atomic E-state index is -0.417. The van der Waals surface area contributed by atoms with E-state index < -0.39 is 5.82 Å². The predicted octanol–water partition coefficient (Wildman–Crippen LogP) is 3.81. The molecule has 5 rings (SSSR count). The van der Waals surface area contributed by atoms with Gasteiger partial charge in [0.2, 0.25) is 0 Å². The summed E-state index contributed by atoms with van der Waals surface area (Å²) in [5.74, 6) is -0.657. The summed E-state index contributed by atoms with van der Waals surface area (Å²) in [6.45, 7) is 6.49. The van der Waals surface area contributed by atoms with Crippen LogP contribution in [0.2, 0.25) is 0 Å². The summed E-state index contributed by atoms with van der Waals surface area (Å²) < 4.78 is 14.5. The third kappa shape index (κ3) is 3.61. The lowest BCUT2D eigenvalue weighted by Gasteiger charge is -2.29. The molecule has 8 heteroatoms. The predicted molar refractivity (Wildman–Crippen MR) is 121 cm³/mol. The average Bonchev–Trinajstić information content (AvgIpc) is 3.43. The van der Waals surface area contributed by atoms with Crippen LogP contribution in [0.15, 0.2) is 16.6 Å². The molecule has 0 bridgehead atoms. The van der Waals surface area contributed by atoms with E-state index >= 15 is 0 Å². The van der Waals surface area contributed by atoms with Crippen molar-refractivity contribution in [2.45, 2.75) is 26.2 Å².